The van der Waals surface area contributed by atoms with Gasteiger partial charge in [0.15, 0.2) is 0 Å². The summed E-state index contributed by atoms with van der Waals surface area (Å²) in [4.78, 5) is 40.9. The number of thioether (sulfide) groups is 1. The molecule has 0 unspecified atom stereocenters. The van der Waals surface area contributed by atoms with Crippen molar-refractivity contribution < 1.29 is 27.7 Å². The molecule has 0 saturated carbocycles. The maximum atomic E-state index is 12.8. The van der Waals surface area contributed by atoms with Gasteiger partial charge in [0.25, 0.3) is 5.69 Å². The van der Waals surface area contributed by atoms with Gasteiger partial charge in [-0.05, 0) is 43.5 Å². The van der Waals surface area contributed by atoms with Gasteiger partial charge in [-0.3, -0.25) is 19.7 Å². The lowest BCUT2D eigenvalue weighted by molar-refractivity contribution is -0.388. The first-order chi connectivity index (χ1) is 15.5. The third-order valence-electron chi connectivity index (χ3n) is 5.22. The highest BCUT2D eigenvalue weighted by molar-refractivity contribution is 8.00. The Kier molecular flexibility index (Phi) is 7.57. The summed E-state index contributed by atoms with van der Waals surface area (Å²) in [5.74, 6) is -0.447. The molecule has 1 fully saturated rings. The standard InChI is InChI=1S/C21H21F3N4O4S/c1-13-2-5-18(25-11-13)26-20(30)14-6-8-27(9-7-14)19(29)12-33-17-4-3-15(21(22,23)24)10-16(17)28(31)32/h2-5,10-11,14H,6-9,12H2,1H3,(H,25,26,30). The number of alkyl halides is 3. The van der Waals surface area contributed by atoms with Crippen molar-refractivity contribution in [2.24, 2.45) is 5.92 Å². The summed E-state index contributed by atoms with van der Waals surface area (Å²) in [6.07, 6.45) is -2.14. The topological polar surface area (TPSA) is 105 Å². The van der Waals surface area contributed by atoms with Crippen LogP contribution in [0.15, 0.2) is 41.4 Å². The van der Waals surface area contributed by atoms with Gasteiger partial charge in [0.1, 0.15) is 5.82 Å². The predicted octanol–water partition coefficient (Wildman–Crippen LogP) is 4.29. The number of nitro benzene ring substituents is 1. The fraction of sp³-hybridized carbons (Fsp3) is 0.381. The second-order valence-electron chi connectivity index (χ2n) is 7.59. The fourth-order valence-electron chi connectivity index (χ4n) is 3.35. The first-order valence-electron chi connectivity index (χ1n) is 10.0. The van der Waals surface area contributed by atoms with Crippen LogP contribution in [0.3, 0.4) is 0 Å². The maximum absolute atomic E-state index is 12.8. The molecule has 1 aromatic carbocycles. The molecule has 1 aliphatic rings. The van der Waals surface area contributed by atoms with E-state index in [4.69, 9.17) is 0 Å². The number of rotatable bonds is 6. The Morgan fingerprint density at radius 1 is 1.24 bits per heavy atom. The van der Waals surface area contributed by atoms with E-state index in [1.165, 1.54) is 0 Å². The lowest BCUT2D eigenvalue weighted by atomic mass is 9.96. The molecule has 176 valence electrons. The predicted molar refractivity (Wildman–Crippen MR) is 116 cm³/mol. The smallest absolute Gasteiger partial charge is 0.342 e. The molecule has 0 aliphatic carbocycles. The highest BCUT2D eigenvalue weighted by Gasteiger charge is 2.33. The number of nitrogens with zero attached hydrogens (tertiary/aromatic N) is 3. The van der Waals surface area contributed by atoms with Crippen molar-refractivity contribution in [2.75, 3.05) is 24.2 Å². The van der Waals surface area contributed by atoms with Crippen molar-refractivity contribution in [3.8, 4) is 0 Å². The Morgan fingerprint density at radius 3 is 2.52 bits per heavy atom. The van der Waals surface area contributed by atoms with E-state index in [1.807, 2.05) is 13.0 Å². The summed E-state index contributed by atoms with van der Waals surface area (Å²) in [6, 6.07) is 5.79. The monoisotopic (exact) mass is 482 g/mol. The fourth-order valence-corrected chi connectivity index (χ4v) is 4.26. The van der Waals surface area contributed by atoms with E-state index < -0.39 is 22.4 Å². The average Bonchev–Trinajstić information content (AvgIpc) is 2.78. The summed E-state index contributed by atoms with van der Waals surface area (Å²) in [6.45, 7) is 2.57. The number of hydrogen-bond acceptors (Lipinski definition) is 6. The normalized spacial score (nSPS) is 14.7. The molecule has 12 heteroatoms. The number of nitro groups is 1. The number of aryl methyl sites for hydroxylation is 1. The van der Waals surface area contributed by atoms with Gasteiger partial charge in [0, 0.05) is 31.3 Å². The number of hydrogen-bond donors (Lipinski definition) is 1. The Labute approximate surface area is 191 Å². The highest BCUT2D eigenvalue weighted by Crippen LogP contribution is 2.36. The van der Waals surface area contributed by atoms with Crippen LogP contribution in [-0.2, 0) is 15.8 Å². The summed E-state index contributed by atoms with van der Waals surface area (Å²) < 4.78 is 38.5. The van der Waals surface area contributed by atoms with Crippen LogP contribution in [0.2, 0.25) is 0 Å². The van der Waals surface area contributed by atoms with E-state index >= 15 is 0 Å². The SMILES string of the molecule is Cc1ccc(NC(=O)C2CCN(C(=O)CSc3ccc(C(F)(F)F)cc3[N+](=O)[O-])CC2)nc1. The van der Waals surface area contributed by atoms with Crippen LogP contribution < -0.4 is 5.32 Å². The molecular weight excluding hydrogens is 461 g/mol. The number of carbonyl (C=O) groups excluding carboxylic acids is 2. The third kappa shape index (κ3) is 6.44. The van der Waals surface area contributed by atoms with Gasteiger partial charge in [0.2, 0.25) is 11.8 Å². The zero-order chi connectivity index (χ0) is 24.2. The van der Waals surface area contributed by atoms with E-state index in [1.54, 1.807) is 17.2 Å². The molecule has 0 radical (unpaired) electrons. The van der Waals surface area contributed by atoms with Gasteiger partial charge >= 0.3 is 6.18 Å². The molecule has 8 nitrogen and oxygen atoms in total. The molecule has 1 N–H and O–H groups in total. The number of halogens is 3. The number of likely N-dealkylation sites (tertiary alicyclic amines) is 1. The minimum Gasteiger partial charge on any atom is -0.342 e. The molecule has 2 heterocycles. The van der Waals surface area contributed by atoms with Crippen LogP contribution in [0, 0.1) is 23.0 Å². The quantitative estimate of drug-likeness (QED) is 0.374. The van der Waals surface area contributed by atoms with E-state index in [2.05, 4.69) is 10.3 Å². The lowest BCUT2D eigenvalue weighted by Gasteiger charge is -2.31. The van der Waals surface area contributed by atoms with Crippen molar-refractivity contribution in [3.63, 3.8) is 0 Å². The van der Waals surface area contributed by atoms with Gasteiger partial charge < -0.3 is 10.2 Å². The van der Waals surface area contributed by atoms with E-state index in [9.17, 15) is 32.9 Å². The molecular formula is C21H21F3N4O4S. The minimum atomic E-state index is -4.70. The number of amides is 2. The lowest BCUT2D eigenvalue weighted by Crippen LogP contribution is -2.42. The van der Waals surface area contributed by atoms with Crippen LogP contribution in [0.4, 0.5) is 24.7 Å². The van der Waals surface area contributed by atoms with Crippen LogP contribution in [0.25, 0.3) is 0 Å². The van der Waals surface area contributed by atoms with Crippen molar-refractivity contribution in [2.45, 2.75) is 30.8 Å². The maximum Gasteiger partial charge on any atom is 0.416 e. The number of nitrogens with one attached hydrogen (secondary N) is 1. The Morgan fingerprint density at radius 2 is 1.94 bits per heavy atom. The first-order valence-corrected chi connectivity index (χ1v) is 11.0. The van der Waals surface area contributed by atoms with Crippen LogP contribution >= 0.6 is 11.8 Å². The zero-order valence-corrected chi connectivity index (χ0v) is 18.4. The van der Waals surface area contributed by atoms with Crippen molar-refractivity contribution in [1.29, 1.82) is 0 Å². The molecule has 3 rings (SSSR count). The Balaban J connectivity index is 1.53. The number of piperidine rings is 1. The number of pyridine rings is 1. The van der Waals surface area contributed by atoms with Crippen LogP contribution in [0.5, 0.6) is 0 Å². The number of benzene rings is 1. The summed E-state index contributed by atoms with van der Waals surface area (Å²) in [5.41, 5.74) is -0.840. The number of aromatic nitrogens is 1. The van der Waals surface area contributed by atoms with E-state index in [-0.39, 0.29) is 28.4 Å². The summed E-state index contributed by atoms with van der Waals surface area (Å²) in [7, 11) is 0. The molecule has 2 aromatic rings. The Hall–Kier alpha value is -3.15. The van der Waals surface area contributed by atoms with Crippen molar-refractivity contribution >= 4 is 35.1 Å². The number of anilines is 1. The molecule has 0 atom stereocenters. The largest absolute Gasteiger partial charge is 0.416 e. The molecule has 1 saturated heterocycles. The molecule has 33 heavy (non-hydrogen) atoms. The number of carbonyl (C=O) groups is 2. The molecule has 0 spiro atoms. The molecule has 1 aliphatic heterocycles. The van der Waals surface area contributed by atoms with Gasteiger partial charge in [0.05, 0.1) is 21.1 Å². The average molecular weight is 482 g/mol. The Bertz CT molecular complexity index is 1040. The van der Waals surface area contributed by atoms with Crippen molar-refractivity contribution in [1.82, 2.24) is 9.88 Å². The van der Waals surface area contributed by atoms with Gasteiger partial charge in [-0.1, -0.05) is 6.07 Å². The van der Waals surface area contributed by atoms with Crippen molar-refractivity contribution in [3.05, 3.63) is 57.8 Å². The second kappa shape index (κ2) is 10.2. The first kappa shape index (κ1) is 24.5. The van der Waals surface area contributed by atoms with Gasteiger partial charge in [-0.2, -0.15) is 13.2 Å². The summed E-state index contributed by atoms with van der Waals surface area (Å²) in [5, 5.41) is 13.9. The molecule has 2 amide bonds. The zero-order valence-electron chi connectivity index (χ0n) is 17.6. The van der Waals surface area contributed by atoms with E-state index in [0.29, 0.717) is 37.8 Å². The minimum absolute atomic E-state index is 0.0128. The van der Waals surface area contributed by atoms with E-state index in [0.717, 1.165) is 29.5 Å². The van der Waals surface area contributed by atoms with Gasteiger partial charge in [-0.15, -0.1) is 11.8 Å². The second-order valence-corrected chi connectivity index (χ2v) is 8.61. The highest BCUT2D eigenvalue weighted by atomic mass is 32.2. The van der Waals surface area contributed by atoms with Crippen LogP contribution in [0.1, 0.15) is 24.0 Å². The summed E-state index contributed by atoms with van der Waals surface area (Å²) >= 11 is 0.819. The van der Waals surface area contributed by atoms with Crippen LogP contribution in [-0.4, -0.2) is 45.5 Å². The third-order valence-corrected chi connectivity index (χ3v) is 6.26. The molecule has 1 aromatic heterocycles. The van der Waals surface area contributed by atoms with Gasteiger partial charge in [-0.25, -0.2) is 4.98 Å². The molecule has 0 bridgehead atoms.